The number of β-amino-alcohol motifs (C(OH)–C–C–N with tert-alkyl or cyclic N) is 1. The SMILES string of the molecule is COc1cc(C(F)(F)F)cc(SC)c1C(=O)C[C@@H]1CCC[C@@H]1N1CCC(O)C1. The van der Waals surface area contributed by atoms with E-state index in [1.165, 1.54) is 7.11 Å². The number of aliphatic hydroxyl groups is 1. The summed E-state index contributed by atoms with van der Waals surface area (Å²) in [5.41, 5.74) is -0.565. The lowest BCUT2D eigenvalue weighted by Crippen LogP contribution is -2.37. The number of methoxy groups -OCH3 is 1. The minimum atomic E-state index is -4.49. The summed E-state index contributed by atoms with van der Waals surface area (Å²) in [5.74, 6) is -0.0404. The van der Waals surface area contributed by atoms with Gasteiger partial charge in [-0.15, -0.1) is 11.8 Å². The first-order valence-electron chi connectivity index (χ1n) is 9.53. The third kappa shape index (κ3) is 4.49. The number of ether oxygens (including phenoxy) is 1. The summed E-state index contributed by atoms with van der Waals surface area (Å²) in [6, 6.07) is 2.19. The quantitative estimate of drug-likeness (QED) is 0.554. The maximum Gasteiger partial charge on any atom is 0.416 e. The molecule has 4 nitrogen and oxygen atoms in total. The van der Waals surface area contributed by atoms with Gasteiger partial charge in [-0.2, -0.15) is 13.2 Å². The van der Waals surface area contributed by atoms with Crippen LogP contribution in [0.25, 0.3) is 0 Å². The highest BCUT2D eigenvalue weighted by Gasteiger charge is 2.38. The highest BCUT2D eigenvalue weighted by molar-refractivity contribution is 7.98. The van der Waals surface area contributed by atoms with Crippen molar-refractivity contribution in [3.8, 4) is 5.75 Å². The van der Waals surface area contributed by atoms with Crippen LogP contribution in [0, 0.1) is 5.92 Å². The predicted octanol–water partition coefficient (Wildman–Crippen LogP) is 4.24. The average Bonchev–Trinajstić information content (AvgIpc) is 3.28. The first-order chi connectivity index (χ1) is 13.2. The van der Waals surface area contributed by atoms with Crippen LogP contribution in [0.5, 0.6) is 5.75 Å². The van der Waals surface area contributed by atoms with Crippen molar-refractivity contribution in [2.45, 2.75) is 55.3 Å². The third-order valence-corrected chi connectivity index (χ3v) is 6.60. The van der Waals surface area contributed by atoms with Crippen molar-refractivity contribution in [2.75, 3.05) is 26.5 Å². The third-order valence-electron chi connectivity index (χ3n) is 5.84. The molecule has 1 N–H and O–H groups in total. The molecule has 1 heterocycles. The Kier molecular flexibility index (Phi) is 6.61. The zero-order chi connectivity index (χ0) is 20.5. The van der Waals surface area contributed by atoms with Crippen LogP contribution < -0.4 is 4.74 Å². The van der Waals surface area contributed by atoms with Gasteiger partial charge in [-0.05, 0) is 43.6 Å². The number of rotatable bonds is 6. The van der Waals surface area contributed by atoms with E-state index in [9.17, 15) is 23.1 Å². The van der Waals surface area contributed by atoms with E-state index in [0.29, 0.717) is 11.4 Å². The van der Waals surface area contributed by atoms with Gasteiger partial charge in [0, 0.05) is 30.4 Å². The first kappa shape index (κ1) is 21.5. The van der Waals surface area contributed by atoms with Crippen molar-refractivity contribution in [2.24, 2.45) is 5.92 Å². The predicted molar refractivity (Wildman–Crippen MR) is 102 cm³/mol. The Balaban J connectivity index is 1.83. The molecule has 0 spiro atoms. The smallest absolute Gasteiger partial charge is 0.416 e. The molecule has 0 bridgehead atoms. The highest BCUT2D eigenvalue weighted by Crippen LogP contribution is 2.41. The van der Waals surface area contributed by atoms with Crippen LogP contribution in [0.15, 0.2) is 17.0 Å². The topological polar surface area (TPSA) is 49.8 Å². The van der Waals surface area contributed by atoms with E-state index in [2.05, 4.69) is 4.90 Å². The molecule has 8 heteroatoms. The molecule has 0 amide bonds. The molecule has 1 saturated carbocycles. The van der Waals surface area contributed by atoms with E-state index in [0.717, 1.165) is 56.1 Å². The van der Waals surface area contributed by atoms with Crippen molar-refractivity contribution in [1.29, 1.82) is 0 Å². The maximum atomic E-state index is 13.2. The normalized spacial score (nSPS) is 26.0. The minimum absolute atomic E-state index is 0.0182. The molecule has 1 unspecified atom stereocenters. The van der Waals surface area contributed by atoms with Crippen LogP contribution in [-0.4, -0.2) is 54.4 Å². The summed E-state index contributed by atoms with van der Waals surface area (Å²) in [6.07, 6.45) is 0.824. The van der Waals surface area contributed by atoms with Gasteiger partial charge < -0.3 is 9.84 Å². The lowest BCUT2D eigenvalue weighted by molar-refractivity contribution is -0.137. The second kappa shape index (κ2) is 8.63. The van der Waals surface area contributed by atoms with Gasteiger partial charge in [-0.1, -0.05) is 6.42 Å². The largest absolute Gasteiger partial charge is 0.496 e. The fourth-order valence-corrected chi connectivity index (χ4v) is 5.16. The molecule has 0 radical (unpaired) electrons. The molecule has 3 rings (SSSR count). The minimum Gasteiger partial charge on any atom is -0.496 e. The Labute approximate surface area is 167 Å². The zero-order valence-corrected chi connectivity index (χ0v) is 16.9. The fourth-order valence-electron chi connectivity index (χ4n) is 4.50. The van der Waals surface area contributed by atoms with Crippen LogP contribution in [0.4, 0.5) is 13.2 Å². The number of hydrogen-bond acceptors (Lipinski definition) is 5. The standard InChI is InChI=1S/C20H26F3NO3S/c1-27-17-9-13(20(21,22)23)10-18(28-2)19(17)16(26)8-12-4-3-5-15(12)24-7-6-14(25)11-24/h9-10,12,14-15,25H,3-8,11H2,1-2H3/t12-,14?,15-/m0/s1. The number of likely N-dealkylation sites (tertiary alicyclic amines) is 1. The number of Topliss-reactive ketones (excluding diaryl/α,β-unsaturated/α-hetero) is 1. The summed E-state index contributed by atoms with van der Waals surface area (Å²) in [6.45, 7) is 1.46. The molecule has 156 valence electrons. The molecule has 1 aliphatic heterocycles. The van der Waals surface area contributed by atoms with Gasteiger partial charge in [0.15, 0.2) is 5.78 Å². The van der Waals surface area contributed by atoms with Crippen molar-refractivity contribution < 1.29 is 27.8 Å². The number of nitrogens with zero attached hydrogens (tertiary/aromatic N) is 1. The van der Waals surface area contributed by atoms with Gasteiger partial charge in [0.25, 0.3) is 0 Å². The van der Waals surface area contributed by atoms with E-state index in [-0.39, 0.29) is 41.6 Å². The molecule has 1 aliphatic carbocycles. The number of halogens is 3. The molecular formula is C20H26F3NO3S. The van der Waals surface area contributed by atoms with Crippen molar-refractivity contribution in [3.63, 3.8) is 0 Å². The summed E-state index contributed by atoms with van der Waals surface area (Å²) < 4.78 is 44.7. The lowest BCUT2D eigenvalue weighted by Gasteiger charge is -2.29. The summed E-state index contributed by atoms with van der Waals surface area (Å²) in [4.78, 5) is 15.7. The van der Waals surface area contributed by atoms with Crippen molar-refractivity contribution >= 4 is 17.5 Å². The van der Waals surface area contributed by atoms with Gasteiger partial charge >= 0.3 is 6.18 Å². The monoisotopic (exact) mass is 417 g/mol. The first-order valence-corrected chi connectivity index (χ1v) is 10.8. The molecule has 3 atom stereocenters. The molecule has 28 heavy (non-hydrogen) atoms. The molecular weight excluding hydrogens is 391 g/mol. The number of hydrogen-bond donors (Lipinski definition) is 1. The fraction of sp³-hybridized carbons (Fsp3) is 0.650. The van der Waals surface area contributed by atoms with Crippen LogP contribution in [-0.2, 0) is 6.18 Å². The van der Waals surface area contributed by atoms with Crippen LogP contribution in [0.3, 0.4) is 0 Å². The molecule has 0 aromatic heterocycles. The highest BCUT2D eigenvalue weighted by atomic mass is 32.2. The second-order valence-electron chi connectivity index (χ2n) is 7.58. The number of carbonyl (C=O) groups excluding carboxylic acids is 1. The summed E-state index contributed by atoms with van der Waals surface area (Å²) in [7, 11) is 1.29. The number of alkyl halides is 3. The summed E-state index contributed by atoms with van der Waals surface area (Å²) >= 11 is 1.12. The average molecular weight is 417 g/mol. The van der Waals surface area contributed by atoms with Gasteiger partial charge in [0.05, 0.1) is 24.3 Å². The van der Waals surface area contributed by atoms with Gasteiger partial charge in [0.1, 0.15) is 5.75 Å². The molecule has 1 saturated heterocycles. The van der Waals surface area contributed by atoms with E-state index >= 15 is 0 Å². The number of ketones is 1. The van der Waals surface area contributed by atoms with Crippen LogP contribution in [0.1, 0.15) is 48.0 Å². The van der Waals surface area contributed by atoms with Gasteiger partial charge in [0.2, 0.25) is 0 Å². The number of aliphatic hydroxyl groups excluding tert-OH is 1. The zero-order valence-electron chi connectivity index (χ0n) is 16.1. The van der Waals surface area contributed by atoms with E-state index in [1.807, 2.05) is 0 Å². The van der Waals surface area contributed by atoms with Gasteiger partial charge in [-0.3, -0.25) is 9.69 Å². The second-order valence-corrected chi connectivity index (χ2v) is 8.42. The van der Waals surface area contributed by atoms with Crippen molar-refractivity contribution in [3.05, 3.63) is 23.3 Å². The maximum absolute atomic E-state index is 13.2. The number of thioether (sulfide) groups is 1. The Morgan fingerprint density at radius 2 is 2.07 bits per heavy atom. The molecule has 2 aliphatic rings. The van der Waals surface area contributed by atoms with Gasteiger partial charge in [-0.25, -0.2) is 0 Å². The lowest BCUT2D eigenvalue weighted by atomic mass is 9.92. The van der Waals surface area contributed by atoms with E-state index in [1.54, 1.807) is 6.26 Å². The summed E-state index contributed by atoms with van der Waals surface area (Å²) in [5, 5.41) is 9.81. The van der Waals surface area contributed by atoms with Crippen molar-refractivity contribution in [1.82, 2.24) is 4.90 Å². The molecule has 1 aromatic rings. The van der Waals surface area contributed by atoms with E-state index < -0.39 is 11.7 Å². The van der Waals surface area contributed by atoms with Crippen LogP contribution >= 0.6 is 11.8 Å². The number of benzene rings is 1. The Bertz CT molecular complexity index is 700. The van der Waals surface area contributed by atoms with Crippen LogP contribution in [0.2, 0.25) is 0 Å². The Morgan fingerprint density at radius 3 is 2.64 bits per heavy atom. The van der Waals surface area contributed by atoms with E-state index in [4.69, 9.17) is 4.74 Å². The molecule has 2 fully saturated rings. The Morgan fingerprint density at radius 1 is 1.32 bits per heavy atom. The Hall–Kier alpha value is -1.25. The molecule has 1 aromatic carbocycles. The number of carbonyl (C=O) groups is 1.